The number of carbonyl (C=O) groups is 1. The van der Waals surface area contributed by atoms with Crippen LogP contribution < -0.4 is 5.32 Å². The van der Waals surface area contributed by atoms with Gasteiger partial charge in [0.1, 0.15) is 11.8 Å². The molecule has 0 saturated heterocycles. The van der Waals surface area contributed by atoms with E-state index in [2.05, 4.69) is 15.3 Å². The number of carboxylic acid groups (broad SMARTS) is 1. The number of aryl methyl sites for hydroxylation is 1. The predicted molar refractivity (Wildman–Crippen MR) is 68.5 cm³/mol. The third kappa shape index (κ3) is 3.41. The van der Waals surface area contributed by atoms with Crippen molar-refractivity contribution in [2.75, 3.05) is 5.32 Å². The summed E-state index contributed by atoms with van der Waals surface area (Å²) in [4.78, 5) is 19.3. The van der Waals surface area contributed by atoms with Crippen LogP contribution >= 0.6 is 0 Å². The minimum Gasteiger partial charge on any atom is -0.481 e. The Morgan fingerprint density at radius 1 is 1.53 bits per heavy atom. The molecule has 1 aliphatic carbocycles. The lowest BCUT2D eigenvalue weighted by atomic mass is 9.86. The third-order valence-corrected chi connectivity index (χ3v) is 3.33. The van der Waals surface area contributed by atoms with Crippen molar-refractivity contribution in [1.29, 1.82) is 5.26 Å². The van der Waals surface area contributed by atoms with Crippen LogP contribution in [0.4, 0.5) is 5.95 Å². The Labute approximate surface area is 111 Å². The Balaban J connectivity index is 2.06. The summed E-state index contributed by atoms with van der Waals surface area (Å²) in [5.41, 5.74) is 1.04. The minimum absolute atomic E-state index is 0.0585. The summed E-state index contributed by atoms with van der Waals surface area (Å²) < 4.78 is 0. The van der Waals surface area contributed by atoms with Crippen molar-refractivity contribution < 1.29 is 9.90 Å². The number of aliphatic carboxylic acids is 1. The molecule has 2 N–H and O–H groups in total. The molecule has 6 heteroatoms. The van der Waals surface area contributed by atoms with E-state index < -0.39 is 5.97 Å². The fourth-order valence-corrected chi connectivity index (χ4v) is 2.42. The van der Waals surface area contributed by atoms with Crippen LogP contribution in [0.15, 0.2) is 6.07 Å². The topological polar surface area (TPSA) is 98.9 Å². The fourth-order valence-electron chi connectivity index (χ4n) is 2.42. The van der Waals surface area contributed by atoms with Gasteiger partial charge in [0.05, 0.1) is 5.92 Å². The molecule has 0 aromatic carbocycles. The number of rotatable bonds is 3. The summed E-state index contributed by atoms with van der Waals surface area (Å²) in [5, 5.41) is 21.1. The summed E-state index contributed by atoms with van der Waals surface area (Å²) >= 11 is 0. The largest absolute Gasteiger partial charge is 0.481 e. The summed E-state index contributed by atoms with van der Waals surface area (Å²) in [6.07, 6.45) is 3.09. The van der Waals surface area contributed by atoms with Crippen LogP contribution in [0.5, 0.6) is 0 Å². The van der Waals surface area contributed by atoms with Gasteiger partial charge in [-0.2, -0.15) is 5.26 Å². The van der Waals surface area contributed by atoms with Crippen molar-refractivity contribution in [2.24, 2.45) is 5.92 Å². The summed E-state index contributed by atoms with van der Waals surface area (Å²) in [6, 6.07) is 3.66. The normalized spacial score (nSPS) is 22.5. The zero-order valence-corrected chi connectivity index (χ0v) is 10.8. The van der Waals surface area contributed by atoms with Crippen molar-refractivity contribution in [1.82, 2.24) is 9.97 Å². The van der Waals surface area contributed by atoms with E-state index in [1.54, 1.807) is 13.0 Å². The number of nitrogens with zero attached hydrogens (tertiary/aromatic N) is 3. The second-order valence-corrected chi connectivity index (χ2v) is 4.87. The first-order chi connectivity index (χ1) is 9.08. The molecule has 0 radical (unpaired) electrons. The lowest BCUT2D eigenvalue weighted by molar-refractivity contribution is -0.142. The van der Waals surface area contributed by atoms with Gasteiger partial charge in [-0.15, -0.1) is 0 Å². The number of hydrogen-bond acceptors (Lipinski definition) is 5. The molecule has 1 fully saturated rings. The van der Waals surface area contributed by atoms with E-state index >= 15 is 0 Å². The van der Waals surface area contributed by atoms with Crippen LogP contribution in [-0.2, 0) is 4.79 Å². The second kappa shape index (κ2) is 5.65. The molecule has 2 rings (SSSR count). The maximum Gasteiger partial charge on any atom is 0.306 e. The molecule has 1 saturated carbocycles. The number of nitrogens with one attached hydrogen (secondary N) is 1. The molecule has 1 aromatic heterocycles. The van der Waals surface area contributed by atoms with Crippen molar-refractivity contribution >= 4 is 11.9 Å². The Bertz CT molecular complexity index is 524. The van der Waals surface area contributed by atoms with Gasteiger partial charge in [-0.1, -0.05) is 6.42 Å². The zero-order chi connectivity index (χ0) is 13.8. The maximum atomic E-state index is 11.0. The first-order valence-electron chi connectivity index (χ1n) is 6.33. The van der Waals surface area contributed by atoms with E-state index in [4.69, 9.17) is 10.4 Å². The Hall–Kier alpha value is -2.16. The molecule has 100 valence electrons. The molecule has 19 heavy (non-hydrogen) atoms. The number of nitriles is 1. The molecule has 1 aromatic rings. The van der Waals surface area contributed by atoms with E-state index in [-0.39, 0.29) is 12.0 Å². The Morgan fingerprint density at radius 2 is 2.32 bits per heavy atom. The average molecular weight is 260 g/mol. The fraction of sp³-hybridized carbons (Fsp3) is 0.538. The highest BCUT2D eigenvalue weighted by atomic mass is 16.4. The third-order valence-electron chi connectivity index (χ3n) is 3.33. The molecular weight excluding hydrogens is 244 g/mol. The zero-order valence-electron chi connectivity index (χ0n) is 10.8. The number of hydrogen-bond donors (Lipinski definition) is 2. The molecule has 2 unspecified atom stereocenters. The molecule has 0 spiro atoms. The van der Waals surface area contributed by atoms with Crippen LogP contribution in [0.25, 0.3) is 0 Å². The molecule has 2 atom stereocenters. The molecule has 0 amide bonds. The number of anilines is 1. The molecule has 1 heterocycles. The van der Waals surface area contributed by atoms with Gasteiger partial charge in [-0.05, 0) is 32.3 Å². The Morgan fingerprint density at radius 3 is 3.00 bits per heavy atom. The predicted octanol–water partition coefficient (Wildman–Crippen LogP) is 1.71. The van der Waals surface area contributed by atoms with Gasteiger partial charge in [-0.3, -0.25) is 4.79 Å². The van der Waals surface area contributed by atoms with Crippen LogP contribution in [0, 0.1) is 24.2 Å². The first-order valence-corrected chi connectivity index (χ1v) is 6.33. The van der Waals surface area contributed by atoms with E-state index in [9.17, 15) is 4.79 Å². The minimum atomic E-state index is -0.741. The van der Waals surface area contributed by atoms with Gasteiger partial charge in [0, 0.05) is 11.7 Å². The number of aromatic nitrogens is 2. The van der Waals surface area contributed by atoms with Crippen molar-refractivity contribution in [3.05, 3.63) is 17.5 Å². The first kappa shape index (κ1) is 13.3. The molecule has 6 nitrogen and oxygen atoms in total. The Kier molecular flexibility index (Phi) is 3.95. The van der Waals surface area contributed by atoms with Gasteiger partial charge in [0.2, 0.25) is 5.95 Å². The smallest absolute Gasteiger partial charge is 0.306 e. The van der Waals surface area contributed by atoms with E-state index in [1.165, 1.54) is 0 Å². The highest BCUT2D eigenvalue weighted by Crippen LogP contribution is 2.26. The van der Waals surface area contributed by atoms with Crippen molar-refractivity contribution in [2.45, 2.75) is 38.6 Å². The van der Waals surface area contributed by atoms with Gasteiger partial charge in [0.25, 0.3) is 0 Å². The van der Waals surface area contributed by atoms with Crippen LogP contribution in [0.2, 0.25) is 0 Å². The highest BCUT2D eigenvalue weighted by Gasteiger charge is 2.27. The lowest BCUT2D eigenvalue weighted by Gasteiger charge is -2.27. The maximum absolute atomic E-state index is 11.0. The monoisotopic (exact) mass is 260 g/mol. The molecule has 0 aliphatic heterocycles. The van der Waals surface area contributed by atoms with Crippen molar-refractivity contribution in [3.63, 3.8) is 0 Å². The van der Waals surface area contributed by atoms with Gasteiger partial charge in [0.15, 0.2) is 0 Å². The summed E-state index contributed by atoms with van der Waals surface area (Å²) in [5.74, 6) is -0.631. The quantitative estimate of drug-likeness (QED) is 0.858. The van der Waals surface area contributed by atoms with Gasteiger partial charge in [-0.25, -0.2) is 9.97 Å². The van der Waals surface area contributed by atoms with E-state index in [0.717, 1.165) is 25.0 Å². The standard InChI is InChI=1S/C13H16N4O2/c1-8-5-11(7-14)17-13(15-8)16-10-4-2-3-9(6-10)12(18)19/h5,9-10H,2-4,6H2,1H3,(H,18,19)(H,15,16,17). The van der Waals surface area contributed by atoms with Gasteiger partial charge < -0.3 is 10.4 Å². The highest BCUT2D eigenvalue weighted by molar-refractivity contribution is 5.70. The summed E-state index contributed by atoms with van der Waals surface area (Å²) in [7, 11) is 0. The molecule has 1 aliphatic rings. The van der Waals surface area contributed by atoms with Crippen LogP contribution in [-0.4, -0.2) is 27.1 Å². The van der Waals surface area contributed by atoms with Crippen molar-refractivity contribution in [3.8, 4) is 6.07 Å². The number of carboxylic acids is 1. The van der Waals surface area contributed by atoms with Crippen LogP contribution in [0.3, 0.4) is 0 Å². The van der Waals surface area contributed by atoms with Gasteiger partial charge >= 0.3 is 5.97 Å². The second-order valence-electron chi connectivity index (χ2n) is 4.87. The molecule has 0 bridgehead atoms. The lowest BCUT2D eigenvalue weighted by Crippen LogP contribution is -2.31. The van der Waals surface area contributed by atoms with E-state index in [0.29, 0.717) is 18.1 Å². The summed E-state index contributed by atoms with van der Waals surface area (Å²) in [6.45, 7) is 1.80. The van der Waals surface area contributed by atoms with Crippen LogP contribution in [0.1, 0.15) is 37.1 Å². The average Bonchev–Trinajstić information content (AvgIpc) is 2.38. The molecular formula is C13H16N4O2. The van der Waals surface area contributed by atoms with E-state index in [1.807, 2.05) is 6.07 Å². The SMILES string of the molecule is Cc1cc(C#N)nc(NC2CCCC(C(=O)O)C2)n1.